The van der Waals surface area contributed by atoms with Crippen LogP contribution in [-0.2, 0) is 29.3 Å². The molecule has 0 aliphatic heterocycles. The van der Waals surface area contributed by atoms with E-state index in [1.807, 2.05) is 0 Å². The van der Waals surface area contributed by atoms with Gasteiger partial charge in [0, 0.05) is 28.4 Å². The molecule has 1 N–H and O–H groups in total. The highest BCUT2D eigenvalue weighted by Crippen LogP contribution is 2.27. The first-order valence-electron chi connectivity index (χ1n) is 9.66. The van der Waals surface area contributed by atoms with E-state index in [0.717, 1.165) is 22.8 Å². The summed E-state index contributed by atoms with van der Waals surface area (Å²) in [5.74, 6) is -0.487. The molecule has 6 nitrogen and oxygen atoms in total. The average molecular weight is 532 g/mol. The standard InChI is InChI=1S/C22H18Cl2F3N3O3S/c1-34(32,33)30(13-15-8-17(23)10-18(24)9-15)19-5-3-16(4-6-19)21(31)29-12-14-2-7-20(28-11-14)22(25,26)27/h2-11H,12-13H2,1H3,(H,29,31). The number of rotatable bonds is 7. The molecule has 0 spiro atoms. The van der Waals surface area contributed by atoms with Gasteiger partial charge in [0.2, 0.25) is 10.0 Å². The zero-order valence-electron chi connectivity index (χ0n) is 17.6. The number of amides is 1. The van der Waals surface area contributed by atoms with Gasteiger partial charge in [0.25, 0.3) is 5.91 Å². The van der Waals surface area contributed by atoms with Crippen molar-refractivity contribution in [3.05, 3.63) is 93.2 Å². The SMILES string of the molecule is CS(=O)(=O)N(Cc1cc(Cl)cc(Cl)c1)c1ccc(C(=O)NCc2ccc(C(F)(F)F)nc2)cc1. The third-order valence-corrected chi connectivity index (χ3v) is 6.21. The molecular formula is C22H18Cl2F3N3O3S. The Kier molecular flexibility index (Phi) is 7.74. The second-order valence-electron chi connectivity index (χ2n) is 7.33. The second-order valence-corrected chi connectivity index (χ2v) is 10.1. The van der Waals surface area contributed by atoms with Gasteiger partial charge in [0.15, 0.2) is 0 Å². The van der Waals surface area contributed by atoms with Crippen molar-refractivity contribution in [1.82, 2.24) is 10.3 Å². The molecule has 0 aliphatic carbocycles. The number of anilines is 1. The first kappa shape index (κ1) is 25.8. The van der Waals surface area contributed by atoms with E-state index in [0.29, 0.717) is 26.9 Å². The number of halogens is 5. The van der Waals surface area contributed by atoms with Gasteiger partial charge < -0.3 is 5.32 Å². The number of pyridine rings is 1. The predicted octanol–water partition coefficient (Wildman–Crippen LogP) is 5.30. The number of carbonyl (C=O) groups excluding carboxylic acids is 1. The Hall–Kier alpha value is -2.82. The maximum atomic E-state index is 12.6. The van der Waals surface area contributed by atoms with Crippen LogP contribution in [0.4, 0.5) is 18.9 Å². The van der Waals surface area contributed by atoms with Crippen LogP contribution >= 0.6 is 23.2 Å². The molecule has 2 aromatic carbocycles. The highest BCUT2D eigenvalue weighted by Gasteiger charge is 2.32. The Bertz CT molecular complexity index is 1260. The minimum Gasteiger partial charge on any atom is -0.348 e. The summed E-state index contributed by atoms with van der Waals surface area (Å²) < 4.78 is 63.7. The van der Waals surface area contributed by atoms with E-state index in [4.69, 9.17) is 23.2 Å². The lowest BCUT2D eigenvalue weighted by Crippen LogP contribution is -2.29. The number of sulfonamides is 1. The molecule has 1 aromatic heterocycles. The fourth-order valence-corrected chi connectivity index (χ4v) is 4.49. The van der Waals surface area contributed by atoms with Gasteiger partial charge in [0.05, 0.1) is 18.5 Å². The number of hydrogen-bond acceptors (Lipinski definition) is 4. The molecule has 0 saturated heterocycles. The third kappa shape index (κ3) is 6.85. The Morgan fingerprint density at radius 2 is 1.62 bits per heavy atom. The van der Waals surface area contributed by atoms with Crippen molar-refractivity contribution in [3.8, 4) is 0 Å². The molecule has 0 radical (unpaired) electrons. The molecular weight excluding hydrogens is 514 g/mol. The molecule has 0 fully saturated rings. The van der Waals surface area contributed by atoms with Gasteiger partial charge in [-0.15, -0.1) is 0 Å². The number of alkyl halides is 3. The first-order chi connectivity index (χ1) is 15.8. The highest BCUT2D eigenvalue weighted by atomic mass is 35.5. The van der Waals surface area contributed by atoms with Gasteiger partial charge in [-0.3, -0.25) is 14.1 Å². The molecule has 0 bridgehead atoms. The topological polar surface area (TPSA) is 79.4 Å². The monoisotopic (exact) mass is 531 g/mol. The second kappa shape index (κ2) is 10.2. The van der Waals surface area contributed by atoms with Crippen molar-refractivity contribution in [2.45, 2.75) is 19.3 Å². The molecule has 0 atom stereocenters. The third-order valence-electron chi connectivity index (χ3n) is 4.63. The fourth-order valence-electron chi connectivity index (χ4n) is 3.03. The lowest BCUT2D eigenvalue weighted by Gasteiger charge is -2.23. The Labute approximate surface area is 204 Å². The van der Waals surface area contributed by atoms with Gasteiger partial charge >= 0.3 is 6.18 Å². The van der Waals surface area contributed by atoms with Crippen molar-refractivity contribution >= 4 is 44.8 Å². The summed E-state index contributed by atoms with van der Waals surface area (Å²) in [6.07, 6.45) is -2.45. The minimum absolute atomic E-state index is 0.0222. The van der Waals surface area contributed by atoms with Crippen LogP contribution in [0.3, 0.4) is 0 Å². The van der Waals surface area contributed by atoms with Crippen molar-refractivity contribution < 1.29 is 26.4 Å². The summed E-state index contributed by atoms with van der Waals surface area (Å²) in [6.45, 7) is -0.0533. The normalized spacial score (nSPS) is 11.8. The lowest BCUT2D eigenvalue weighted by molar-refractivity contribution is -0.141. The van der Waals surface area contributed by atoms with Crippen molar-refractivity contribution in [3.63, 3.8) is 0 Å². The van der Waals surface area contributed by atoms with Crippen molar-refractivity contribution in [1.29, 1.82) is 0 Å². The smallest absolute Gasteiger partial charge is 0.348 e. The largest absolute Gasteiger partial charge is 0.433 e. The van der Waals surface area contributed by atoms with Crippen LogP contribution in [0.5, 0.6) is 0 Å². The molecule has 180 valence electrons. The highest BCUT2D eigenvalue weighted by molar-refractivity contribution is 7.92. The summed E-state index contributed by atoms with van der Waals surface area (Å²) in [5, 5.41) is 3.32. The summed E-state index contributed by atoms with van der Waals surface area (Å²) in [4.78, 5) is 15.8. The van der Waals surface area contributed by atoms with E-state index in [-0.39, 0.29) is 18.7 Å². The van der Waals surface area contributed by atoms with Crippen LogP contribution in [-0.4, -0.2) is 25.6 Å². The van der Waals surface area contributed by atoms with Gasteiger partial charge in [-0.2, -0.15) is 13.2 Å². The van der Waals surface area contributed by atoms with Crippen LogP contribution in [0.1, 0.15) is 27.2 Å². The number of nitrogens with one attached hydrogen (secondary N) is 1. The molecule has 34 heavy (non-hydrogen) atoms. The van der Waals surface area contributed by atoms with E-state index in [1.165, 1.54) is 36.4 Å². The van der Waals surface area contributed by atoms with E-state index in [2.05, 4.69) is 10.3 Å². The zero-order chi connectivity index (χ0) is 25.1. The Balaban J connectivity index is 1.70. The molecule has 12 heteroatoms. The van der Waals surface area contributed by atoms with Crippen molar-refractivity contribution in [2.75, 3.05) is 10.6 Å². The summed E-state index contributed by atoms with van der Waals surface area (Å²) in [5.41, 5.74) is 0.509. The van der Waals surface area contributed by atoms with Crippen LogP contribution < -0.4 is 9.62 Å². The van der Waals surface area contributed by atoms with E-state index in [9.17, 15) is 26.4 Å². The first-order valence-corrected chi connectivity index (χ1v) is 12.3. The molecule has 1 amide bonds. The van der Waals surface area contributed by atoms with Gasteiger partial charge in [-0.05, 0) is 59.7 Å². The molecule has 0 aliphatic rings. The Morgan fingerprint density at radius 1 is 1.00 bits per heavy atom. The lowest BCUT2D eigenvalue weighted by atomic mass is 10.1. The molecule has 0 saturated carbocycles. The van der Waals surface area contributed by atoms with Crippen molar-refractivity contribution in [2.24, 2.45) is 0 Å². The van der Waals surface area contributed by atoms with E-state index >= 15 is 0 Å². The predicted molar refractivity (Wildman–Crippen MR) is 124 cm³/mol. The zero-order valence-corrected chi connectivity index (χ0v) is 19.9. The van der Waals surface area contributed by atoms with Gasteiger partial charge in [0.1, 0.15) is 5.69 Å². The number of aromatic nitrogens is 1. The summed E-state index contributed by atoms with van der Waals surface area (Å²) in [7, 11) is -3.68. The number of hydrogen-bond donors (Lipinski definition) is 1. The van der Waals surface area contributed by atoms with Crippen LogP contribution in [0.2, 0.25) is 10.0 Å². The van der Waals surface area contributed by atoms with E-state index in [1.54, 1.807) is 12.1 Å². The summed E-state index contributed by atoms with van der Waals surface area (Å²) >= 11 is 12.0. The molecule has 3 rings (SSSR count). The number of nitrogens with zero attached hydrogens (tertiary/aromatic N) is 2. The minimum atomic E-state index is -4.54. The van der Waals surface area contributed by atoms with Crippen LogP contribution in [0, 0.1) is 0 Å². The maximum absolute atomic E-state index is 12.6. The van der Waals surface area contributed by atoms with E-state index < -0.39 is 27.8 Å². The fraction of sp³-hybridized carbons (Fsp3) is 0.182. The number of carbonyl (C=O) groups is 1. The van der Waals surface area contributed by atoms with Gasteiger partial charge in [-0.25, -0.2) is 8.42 Å². The molecule has 1 heterocycles. The molecule has 0 unspecified atom stereocenters. The average Bonchev–Trinajstić information content (AvgIpc) is 2.74. The quantitative estimate of drug-likeness (QED) is 0.448. The molecule has 3 aromatic rings. The summed E-state index contributed by atoms with van der Waals surface area (Å²) in [6, 6.07) is 12.6. The Morgan fingerprint density at radius 3 is 2.12 bits per heavy atom. The van der Waals surface area contributed by atoms with Crippen LogP contribution in [0.25, 0.3) is 0 Å². The number of benzene rings is 2. The van der Waals surface area contributed by atoms with Gasteiger partial charge in [-0.1, -0.05) is 29.3 Å². The maximum Gasteiger partial charge on any atom is 0.433 e. The van der Waals surface area contributed by atoms with Crippen LogP contribution in [0.15, 0.2) is 60.8 Å².